The molecule has 3 amide bonds. The molecule has 10 fully saturated rings. The van der Waals surface area contributed by atoms with Gasteiger partial charge in [-0.05, 0) is 220 Å². The molecule has 0 spiro atoms. The van der Waals surface area contributed by atoms with Crippen molar-refractivity contribution in [2.75, 3.05) is 41.0 Å². The third-order valence-electron chi connectivity index (χ3n) is 31.4. The second-order valence-electron chi connectivity index (χ2n) is 42.9. The van der Waals surface area contributed by atoms with Gasteiger partial charge in [0.25, 0.3) is 0 Å². The summed E-state index contributed by atoms with van der Waals surface area (Å²) in [6, 6.07) is 14.5. The number of hydrogen-bond acceptors (Lipinski definition) is 24. The van der Waals surface area contributed by atoms with Crippen LogP contribution in [0.15, 0.2) is 54.6 Å². The Kier molecular flexibility index (Phi) is 33.1. The van der Waals surface area contributed by atoms with E-state index in [9.17, 15) is 43.2 Å². The molecule has 0 unspecified atom stereocenters. The predicted octanol–water partition coefficient (Wildman–Crippen LogP) is 15.6. The quantitative estimate of drug-likeness (QED) is 0.0814. The molecule has 3 aromatic heterocycles. The number of aromatic nitrogens is 6. The van der Waals surface area contributed by atoms with Gasteiger partial charge in [-0.3, -0.25) is 28.8 Å². The van der Waals surface area contributed by atoms with E-state index in [2.05, 4.69) is 18.9 Å². The summed E-state index contributed by atoms with van der Waals surface area (Å²) in [6.45, 7) is 24.1. The number of amides is 3. The Hall–Kier alpha value is -7.94. The molecule has 6 aromatic rings. The van der Waals surface area contributed by atoms with Gasteiger partial charge in [-0.25, -0.2) is 48.8 Å². The van der Waals surface area contributed by atoms with Crippen LogP contribution in [-0.2, 0) is 132 Å². The third-order valence-corrected chi connectivity index (χ3v) is 31.4. The number of methoxy groups -OCH3 is 3. The first-order valence-electron chi connectivity index (χ1n) is 48.4. The van der Waals surface area contributed by atoms with Crippen molar-refractivity contribution in [1.29, 1.82) is 0 Å². The molecule has 3 aromatic carbocycles. The summed E-state index contributed by atoms with van der Waals surface area (Å²) < 4.78 is 54.4. The molecular formula is C103H134N9O18V3-3. The minimum atomic E-state index is -0.788. The van der Waals surface area contributed by atoms with Gasteiger partial charge in [0.05, 0.1) is 111 Å². The molecule has 27 nitrogen and oxygen atoms in total. The van der Waals surface area contributed by atoms with Crippen molar-refractivity contribution < 1.29 is 141 Å². The number of benzene rings is 3. The van der Waals surface area contributed by atoms with Crippen molar-refractivity contribution in [1.82, 2.24) is 44.6 Å². The van der Waals surface area contributed by atoms with Gasteiger partial charge in [0, 0.05) is 73.9 Å². The van der Waals surface area contributed by atoms with Crippen LogP contribution in [0.25, 0.3) is 33.1 Å². The molecule has 9 heterocycles. The molecular weight excluding hydrogens is 1800 g/mol. The van der Waals surface area contributed by atoms with Gasteiger partial charge in [0.15, 0.2) is 0 Å². The number of esters is 3. The van der Waals surface area contributed by atoms with E-state index in [1.807, 2.05) is 138 Å². The van der Waals surface area contributed by atoms with Crippen LogP contribution in [0.1, 0.15) is 241 Å². The maximum atomic E-state index is 14.3. The molecule has 133 heavy (non-hydrogen) atoms. The Morgan fingerprint density at radius 3 is 1.13 bits per heavy atom. The number of carbonyl (C=O) groups is 6. The molecule has 13 aliphatic rings. The van der Waals surface area contributed by atoms with E-state index in [1.165, 1.54) is 6.42 Å². The fraction of sp³-hybridized carbons (Fsp3) is 0.680. The molecule has 6 aliphatic heterocycles. The number of rotatable bonds is 7. The first kappa shape index (κ1) is 102. The molecule has 717 valence electrons. The van der Waals surface area contributed by atoms with E-state index in [0.29, 0.717) is 130 Å². The average molecular weight is 1940 g/mol. The van der Waals surface area contributed by atoms with E-state index in [1.54, 1.807) is 36.0 Å². The molecule has 22 atom stereocenters. The largest absolute Gasteiger partial charge is 0.540 e. The van der Waals surface area contributed by atoms with Crippen molar-refractivity contribution in [2.45, 2.75) is 298 Å². The summed E-state index contributed by atoms with van der Waals surface area (Å²) in [6.07, 6.45) is 26.3. The Balaban J connectivity index is 0.000000167. The number of hydrogen-bond donors (Lipinski definition) is 0. The number of ether oxygens (including phenoxy) is 9. The normalized spacial score (nSPS) is 32.5. The second kappa shape index (κ2) is 43.0. The minimum absolute atomic E-state index is 0. The molecule has 3 radical (unpaired) electrons. The molecule has 7 aliphatic carbocycles. The van der Waals surface area contributed by atoms with Crippen LogP contribution < -0.4 is 28.4 Å². The van der Waals surface area contributed by atoms with E-state index < -0.39 is 70.4 Å². The number of nitrogens with zero attached hydrogens (tertiary/aromatic N) is 9. The first-order chi connectivity index (χ1) is 62.2. The Bertz CT molecular complexity index is 5190. The van der Waals surface area contributed by atoms with E-state index in [-0.39, 0.29) is 166 Å². The van der Waals surface area contributed by atoms with Gasteiger partial charge in [0.1, 0.15) is 71.0 Å². The fourth-order valence-electron chi connectivity index (χ4n) is 23.4. The average Bonchev–Trinajstić information content (AvgIpc) is 1.61. The first-order valence-corrected chi connectivity index (χ1v) is 48.4. The van der Waals surface area contributed by atoms with Crippen molar-refractivity contribution in [3.63, 3.8) is 0 Å². The standard InChI is InChI=1S/C35H46N3O6.2C34H44N3O6.3V/c1-6-23-29(19-39)38-18-30(23)43-33-27(36-26-13-12-22(42-5)16-28(26)37-33)11-9-7-8-10-24-20-14-21(15-20)32(24)44-31(40)17-25(34(38)41)35(2,3)4;1-19-28(18-38)37-17-30(19)43-32-26(35-25-12-11-21(41-5)15-27(25)36-32)10-8-6-7-9-22-23-13-20(23)14-29(22)42-31(39)16-24(33(37)40)34(2,3)4;1-19-28(18-38)37-17-29(19)42-32-26(35-25-12-11-22(41-5)15-27(25)36-32)10-8-6-7-9-20-13-21-14-23(21)31(20)43-30(39)16-24(33(37)40)34(2,3)4;;;/h12-13,16,20-21,23-25,29-30,32H,6-11,14-15,17-18H2,1-5H3;11-12,15,19-20,22-24,28-30H,6-10,13-14,16-17H2,1-5H3;11-12,15,19-21,23-24,28-29,31H,6-10,13-14,16-17H2,1-5H3;;;/q3*-1;;;/t20?,21?,23-,24+,25+,29+,30-,32+;19-,20+,22+,23+,24+,28+,29+,30-;19-,20+,21+,23-,24+,28+,29-,31-;;;/m000.../s1. The summed E-state index contributed by atoms with van der Waals surface area (Å²) in [4.78, 5) is 154. The number of carbonyl (C=O) groups excluding carboxylic acids is 9. The summed E-state index contributed by atoms with van der Waals surface area (Å²) in [7, 11) is 4.85. The van der Waals surface area contributed by atoms with Gasteiger partial charge >= 0.3 is 17.9 Å². The van der Waals surface area contributed by atoms with Crippen LogP contribution in [0.3, 0.4) is 0 Å². The topological polar surface area (TPSA) is 324 Å². The van der Waals surface area contributed by atoms with Crippen LogP contribution >= 0.6 is 0 Å². The summed E-state index contributed by atoms with van der Waals surface area (Å²) in [5, 5.41) is 0. The molecule has 19 rings (SSSR count). The van der Waals surface area contributed by atoms with E-state index >= 15 is 0 Å². The Morgan fingerprint density at radius 2 is 0.722 bits per heavy atom. The maximum absolute atomic E-state index is 14.3. The molecule has 7 saturated carbocycles. The zero-order valence-corrected chi connectivity index (χ0v) is 84.3. The van der Waals surface area contributed by atoms with Crippen LogP contribution in [-0.4, -0.2) is 195 Å². The Labute approximate surface area is 818 Å². The van der Waals surface area contributed by atoms with Crippen molar-refractivity contribution in [3.8, 4) is 34.9 Å². The van der Waals surface area contributed by atoms with Crippen molar-refractivity contribution >= 4 is 87.6 Å². The van der Waals surface area contributed by atoms with Crippen LogP contribution in [0.5, 0.6) is 34.9 Å². The summed E-state index contributed by atoms with van der Waals surface area (Å²) in [5.41, 5.74) is 5.11. The number of aryl methyl sites for hydroxylation is 3. The zero-order chi connectivity index (χ0) is 92.1. The fourth-order valence-corrected chi connectivity index (χ4v) is 23.4. The van der Waals surface area contributed by atoms with Gasteiger partial charge in [-0.15, -0.1) is 0 Å². The summed E-state index contributed by atoms with van der Waals surface area (Å²) in [5.74, 6) is 3.54. The van der Waals surface area contributed by atoms with E-state index in [0.717, 1.165) is 143 Å². The molecule has 3 saturated heterocycles. The van der Waals surface area contributed by atoms with Crippen LogP contribution in [0.4, 0.5) is 0 Å². The van der Waals surface area contributed by atoms with Gasteiger partial charge in [-0.2, -0.15) is 0 Å². The van der Waals surface area contributed by atoms with Crippen molar-refractivity contribution in [2.24, 2.45) is 105 Å². The van der Waals surface area contributed by atoms with E-state index in [4.69, 9.17) is 72.5 Å². The molecule has 0 N–H and O–H groups in total. The predicted molar refractivity (Wildman–Crippen MR) is 485 cm³/mol. The minimum Gasteiger partial charge on any atom is -0.540 e. The Morgan fingerprint density at radius 1 is 0.368 bits per heavy atom. The monoisotopic (exact) mass is 1940 g/mol. The van der Waals surface area contributed by atoms with Crippen molar-refractivity contribution in [3.05, 3.63) is 71.7 Å². The van der Waals surface area contributed by atoms with Crippen LogP contribution in [0.2, 0.25) is 0 Å². The van der Waals surface area contributed by atoms with Gasteiger partial charge < -0.3 is 71.7 Å². The maximum Gasteiger partial charge on any atom is 0.306 e. The smallest absolute Gasteiger partial charge is 0.306 e. The zero-order valence-electron chi connectivity index (χ0n) is 80.1. The number of fused-ring (bicyclic) bond motifs is 18. The van der Waals surface area contributed by atoms with Crippen LogP contribution in [0, 0.1) is 105 Å². The van der Waals surface area contributed by atoms with Gasteiger partial charge in [0.2, 0.25) is 35.4 Å². The summed E-state index contributed by atoms with van der Waals surface area (Å²) >= 11 is 0. The molecule has 8 bridgehead atoms. The molecule has 30 heteroatoms. The van der Waals surface area contributed by atoms with Gasteiger partial charge in [-0.1, -0.05) is 146 Å². The SMILES string of the molecule is CC[C@@H]1[C@@H]2CN(C(=O)[C@H](C(C)(C)C)CC(=O)O[C@@H]3C4CC(C4)[C@H]3CCCCCc3nc4ccc(OC)cc4nc3O2)[C@@H]1[C-]=O.COc1ccc2nc3c(nc2c1)O[C@H]1CN(C(=O)[C@H](C(C)(C)C)CC(=O)O[C@@H]2C[C@H]4C[C@H]4[C@H]2CCCCC3)[C@H]([C-]=O)[C@@H]1C.COc1ccc2nc3c(nc2c1)O[C@H]1CN(C(=O)[C@H](C(C)(C)C)CC(=O)O[C@H]2[C@H](CCCCC3)C[C@@H]3C[C@@H]32)[C@H]([C-]=O)[C@@H]1C.[V].[V].[V]. The third kappa shape index (κ3) is 22.4. The second-order valence-corrected chi connectivity index (χ2v) is 42.9.